The van der Waals surface area contributed by atoms with Crippen LogP contribution in [0.5, 0.6) is 0 Å². The smallest absolute Gasteiger partial charge is 0.0364 e. The van der Waals surface area contributed by atoms with Crippen LogP contribution in [0.1, 0.15) is 46.2 Å². The van der Waals surface area contributed by atoms with Crippen LogP contribution in [0.3, 0.4) is 0 Å². The van der Waals surface area contributed by atoms with E-state index < -0.39 is 0 Å². The highest BCUT2D eigenvalue weighted by atomic mass is 14.7. The number of hydrogen-bond acceptors (Lipinski definition) is 1. The normalized spacial score (nSPS) is 19.2. The molecule has 0 fully saturated rings. The Labute approximate surface area is 115 Å². The monoisotopic (exact) mass is 251 g/mol. The molecule has 1 aliphatic carbocycles. The maximum atomic E-state index is 6.55. The lowest BCUT2D eigenvalue weighted by molar-refractivity contribution is 0.550. The van der Waals surface area contributed by atoms with Crippen LogP contribution in [0.25, 0.3) is 0 Å². The molecule has 0 bridgehead atoms. The summed E-state index contributed by atoms with van der Waals surface area (Å²) in [5.74, 6) is 0.470. The van der Waals surface area contributed by atoms with Gasteiger partial charge in [-0.3, -0.25) is 0 Å². The fraction of sp³-hybridized carbons (Fsp3) is 0.333. The molecule has 0 heterocycles. The lowest BCUT2D eigenvalue weighted by Gasteiger charge is -2.21. The number of nitrogens with two attached hydrogens (primary N) is 1. The molecule has 19 heavy (non-hydrogen) atoms. The van der Waals surface area contributed by atoms with Crippen molar-refractivity contribution in [3.8, 4) is 0 Å². The van der Waals surface area contributed by atoms with E-state index >= 15 is 0 Å². The summed E-state index contributed by atoms with van der Waals surface area (Å²) in [6.07, 6.45) is 2.34. The SMILES string of the molecule is Cc1cc(C)cc(C(N)C2CCc3ccccc32)c1. The van der Waals surface area contributed by atoms with E-state index in [2.05, 4.69) is 56.3 Å². The highest BCUT2D eigenvalue weighted by Crippen LogP contribution is 2.40. The molecule has 2 aromatic carbocycles. The Balaban J connectivity index is 1.95. The Bertz CT molecular complexity index is 580. The third-order valence-electron chi connectivity index (χ3n) is 4.24. The topological polar surface area (TPSA) is 26.0 Å². The van der Waals surface area contributed by atoms with Crippen LogP contribution in [-0.2, 0) is 6.42 Å². The van der Waals surface area contributed by atoms with Crippen LogP contribution in [0.15, 0.2) is 42.5 Å². The summed E-state index contributed by atoms with van der Waals surface area (Å²) in [6, 6.07) is 15.5. The molecule has 0 aliphatic heterocycles. The van der Waals surface area contributed by atoms with Crippen LogP contribution in [-0.4, -0.2) is 0 Å². The second-order valence-electron chi connectivity index (χ2n) is 5.79. The van der Waals surface area contributed by atoms with Gasteiger partial charge in [0.2, 0.25) is 0 Å². The van der Waals surface area contributed by atoms with E-state index in [4.69, 9.17) is 5.73 Å². The molecular weight excluding hydrogens is 230 g/mol. The fourth-order valence-corrected chi connectivity index (χ4v) is 3.40. The largest absolute Gasteiger partial charge is 0.323 e. The highest BCUT2D eigenvalue weighted by molar-refractivity contribution is 5.39. The molecular formula is C18H21N. The maximum Gasteiger partial charge on any atom is 0.0364 e. The predicted octanol–water partition coefficient (Wildman–Crippen LogP) is 4.03. The van der Waals surface area contributed by atoms with Gasteiger partial charge in [-0.1, -0.05) is 53.6 Å². The molecule has 0 amide bonds. The first-order valence-corrected chi connectivity index (χ1v) is 7.07. The number of benzene rings is 2. The van der Waals surface area contributed by atoms with E-state index in [0.717, 1.165) is 0 Å². The van der Waals surface area contributed by atoms with Gasteiger partial charge < -0.3 is 5.73 Å². The molecule has 98 valence electrons. The molecule has 2 N–H and O–H groups in total. The zero-order valence-corrected chi connectivity index (χ0v) is 11.7. The van der Waals surface area contributed by atoms with Gasteiger partial charge in [-0.2, -0.15) is 0 Å². The van der Waals surface area contributed by atoms with Crippen molar-refractivity contribution in [1.29, 1.82) is 0 Å². The van der Waals surface area contributed by atoms with Gasteiger partial charge in [0.25, 0.3) is 0 Å². The molecule has 1 heteroatoms. The van der Waals surface area contributed by atoms with E-state index in [1.54, 1.807) is 0 Å². The first-order chi connectivity index (χ1) is 9.15. The van der Waals surface area contributed by atoms with Crippen molar-refractivity contribution in [2.45, 2.75) is 38.6 Å². The van der Waals surface area contributed by atoms with Gasteiger partial charge in [0.1, 0.15) is 0 Å². The van der Waals surface area contributed by atoms with Gasteiger partial charge >= 0.3 is 0 Å². The first-order valence-electron chi connectivity index (χ1n) is 7.07. The quantitative estimate of drug-likeness (QED) is 0.856. The molecule has 2 atom stereocenters. The van der Waals surface area contributed by atoms with Crippen LogP contribution in [0.2, 0.25) is 0 Å². The summed E-state index contributed by atoms with van der Waals surface area (Å²) in [5.41, 5.74) is 13.4. The molecule has 0 aromatic heterocycles. The third-order valence-corrected chi connectivity index (χ3v) is 4.24. The van der Waals surface area contributed by atoms with E-state index in [1.165, 1.54) is 40.7 Å². The van der Waals surface area contributed by atoms with Crippen molar-refractivity contribution < 1.29 is 0 Å². The second kappa shape index (κ2) is 4.82. The van der Waals surface area contributed by atoms with Crippen molar-refractivity contribution in [3.05, 3.63) is 70.3 Å². The van der Waals surface area contributed by atoms with Gasteiger partial charge in [0.05, 0.1) is 0 Å². The van der Waals surface area contributed by atoms with E-state index in [9.17, 15) is 0 Å². The first kappa shape index (κ1) is 12.4. The minimum absolute atomic E-state index is 0.113. The standard InChI is InChI=1S/C18H21N/c1-12-9-13(2)11-15(10-12)18(19)17-8-7-14-5-3-4-6-16(14)17/h3-6,9-11,17-18H,7-8,19H2,1-2H3. The summed E-state index contributed by atoms with van der Waals surface area (Å²) in [4.78, 5) is 0. The van der Waals surface area contributed by atoms with Crippen molar-refractivity contribution >= 4 is 0 Å². The highest BCUT2D eigenvalue weighted by Gasteiger charge is 2.28. The minimum atomic E-state index is 0.113. The van der Waals surface area contributed by atoms with Crippen LogP contribution >= 0.6 is 0 Å². The Morgan fingerprint density at radius 3 is 2.47 bits per heavy atom. The molecule has 0 saturated heterocycles. The molecule has 2 aromatic rings. The lowest BCUT2D eigenvalue weighted by Crippen LogP contribution is -2.18. The third kappa shape index (κ3) is 2.31. The molecule has 3 rings (SSSR count). The summed E-state index contributed by atoms with van der Waals surface area (Å²) < 4.78 is 0. The summed E-state index contributed by atoms with van der Waals surface area (Å²) in [6.45, 7) is 4.29. The van der Waals surface area contributed by atoms with E-state index in [-0.39, 0.29) is 6.04 Å². The van der Waals surface area contributed by atoms with Gasteiger partial charge in [-0.15, -0.1) is 0 Å². The summed E-state index contributed by atoms with van der Waals surface area (Å²) in [5, 5.41) is 0. The Hall–Kier alpha value is -1.60. The summed E-state index contributed by atoms with van der Waals surface area (Å²) in [7, 11) is 0. The number of rotatable bonds is 2. The average Bonchev–Trinajstić information content (AvgIpc) is 2.80. The molecule has 2 unspecified atom stereocenters. The lowest BCUT2D eigenvalue weighted by atomic mass is 9.88. The van der Waals surface area contributed by atoms with E-state index in [0.29, 0.717) is 5.92 Å². The van der Waals surface area contributed by atoms with Crippen LogP contribution < -0.4 is 5.73 Å². The van der Waals surface area contributed by atoms with E-state index in [1.807, 2.05) is 0 Å². The molecule has 0 saturated carbocycles. The maximum absolute atomic E-state index is 6.55. The zero-order chi connectivity index (χ0) is 13.4. The molecule has 0 spiro atoms. The second-order valence-corrected chi connectivity index (χ2v) is 5.79. The van der Waals surface area contributed by atoms with Crippen molar-refractivity contribution in [2.24, 2.45) is 5.73 Å². The summed E-state index contributed by atoms with van der Waals surface area (Å²) >= 11 is 0. The average molecular weight is 251 g/mol. The van der Waals surface area contributed by atoms with Crippen molar-refractivity contribution in [3.63, 3.8) is 0 Å². The fourth-order valence-electron chi connectivity index (χ4n) is 3.40. The Kier molecular flexibility index (Phi) is 3.16. The molecule has 1 nitrogen and oxygen atoms in total. The van der Waals surface area contributed by atoms with Crippen molar-refractivity contribution in [2.75, 3.05) is 0 Å². The Morgan fingerprint density at radius 2 is 1.74 bits per heavy atom. The van der Waals surface area contributed by atoms with Gasteiger partial charge in [0, 0.05) is 12.0 Å². The van der Waals surface area contributed by atoms with Gasteiger partial charge in [-0.05, 0) is 43.4 Å². The van der Waals surface area contributed by atoms with Crippen LogP contribution in [0, 0.1) is 13.8 Å². The minimum Gasteiger partial charge on any atom is -0.323 e. The van der Waals surface area contributed by atoms with Gasteiger partial charge in [-0.25, -0.2) is 0 Å². The van der Waals surface area contributed by atoms with Gasteiger partial charge in [0.15, 0.2) is 0 Å². The van der Waals surface area contributed by atoms with Crippen molar-refractivity contribution in [1.82, 2.24) is 0 Å². The predicted molar refractivity (Wildman–Crippen MR) is 80.3 cm³/mol. The number of hydrogen-bond donors (Lipinski definition) is 1. The zero-order valence-electron chi connectivity index (χ0n) is 11.7. The molecule has 0 radical (unpaired) electrons. The van der Waals surface area contributed by atoms with Crippen LogP contribution in [0.4, 0.5) is 0 Å². The number of aryl methyl sites for hydroxylation is 3. The molecule has 1 aliphatic rings. The Morgan fingerprint density at radius 1 is 1.05 bits per heavy atom. The number of fused-ring (bicyclic) bond motifs is 1.